The van der Waals surface area contributed by atoms with Gasteiger partial charge in [-0.1, -0.05) is 82.0 Å². The third kappa shape index (κ3) is 5.81. The molecule has 102 valence electrons. The van der Waals surface area contributed by atoms with Crippen molar-refractivity contribution in [2.75, 3.05) is 12.3 Å². The first-order chi connectivity index (χ1) is 8.67. The van der Waals surface area contributed by atoms with Crippen LogP contribution in [-0.2, 0) is 0 Å². The van der Waals surface area contributed by atoms with Crippen molar-refractivity contribution in [1.82, 2.24) is 0 Å². The van der Waals surface area contributed by atoms with Crippen molar-refractivity contribution in [3.63, 3.8) is 0 Å². The summed E-state index contributed by atoms with van der Waals surface area (Å²) in [5.41, 5.74) is 0. The Morgan fingerprint density at radius 3 is 1.56 bits per heavy atom. The summed E-state index contributed by atoms with van der Waals surface area (Å²) in [6, 6.07) is 9.10. The Labute approximate surface area is 117 Å². The van der Waals surface area contributed by atoms with Crippen molar-refractivity contribution in [2.24, 2.45) is 11.8 Å². The molecule has 1 aromatic rings. The van der Waals surface area contributed by atoms with Gasteiger partial charge in [0.1, 0.15) is 0 Å². The lowest BCUT2D eigenvalue weighted by atomic mass is 10.2. The fourth-order valence-corrected chi connectivity index (χ4v) is 4.87. The summed E-state index contributed by atoms with van der Waals surface area (Å²) < 4.78 is 0. The minimum Gasteiger partial charge on any atom is -0.0894 e. The summed E-state index contributed by atoms with van der Waals surface area (Å²) in [4.78, 5) is 0. The molecular weight excluding hydrogens is 254 g/mol. The van der Waals surface area contributed by atoms with Gasteiger partial charge in [0.2, 0.25) is 0 Å². The molecule has 0 heterocycles. The van der Waals surface area contributed by atoms with Gasteiger partial charge in [-0.05, 0) is 34.8 Å². The van der Waals surface area contributed by atoms with Crippen LogP contribution < -0.4 is 10.6 Å². The molecule has 0 N–H and O–H groups in total. The van der Waals surface area contributed by atoms with Crippen molar-refractivity contribution < 1.29 is 0 Å². The highest BCUT2D eigenvalue weighted by molar-refractivity contribution is 7.54. The van der Waals surface area contributed by atoms with E-state index in [1.54, 1.807) is 10.6 Å². The molecule has 1 rings (SSSR count). The molecule has 0 saturated carbocycles. The Kier molecular flexibility index (Phi) is 8.12. The lowest BCUT2D eigenvalue weighted by Gasteiger charge is -2.14. The molecule has 4 unspecified atom stereocenters. The van der Waals surface area contributed by atoms with Gasteiger partial charge in [-0.2, -0.15) is 0 Å². The van der Waals surface area contributed by atoms with Crippen LogP contribution in [-0.4, -0.2) is 12.3 Å². The molecule has 0 aliphatic heterocycles. The predicted molar refractivity (Wildman–Crippen MR) is 91.0 cm³/mol. The molecule has 0 aromatic heterocycles. The summed E-state index contributed by atoms with van der Waals surface area (Å²) >= 11 is 0. The molecule has 0 bridgehead atoms. The quantitative estimate of drug-likeness (QED) is 0.620. The zero-order valence-corrected chi connectivity index (χ0v) is 14.3. The molecule has 0 fully saturated rings. The Balaban J connectivity index is 2.56. The molecule has 0 amide bonds. The third-order valence-electron chi connectivity index (χ3n) is 3.60. The molecule has 4 atom stereocenters. The van der Waals surface area contributed by atoms with E-state index in [0.29, 0.717) is 0 Å². The molecule has 1 aromatic carbocycles. The lowest BCUT2D eigenvalue weighted by Crippen LogP contribution is -2.17. The second kappa shape index (κ2) is 9.06. The number of rotatable bonds is 8. The van der Waals surface area contributed by atoms with Crippen molar-refractivity contribution in [2.45, 2.75) is 40.5 Å². The van der Waals surface area contributed by atoms with Crippen molar-refractivity contribution >= 4 is 27.8 Å². The van der Waals surface area contributed by atoms with E-state index in [0.717, 1.165) is 29.0 Å². The van der Waals surface area contributed by atoms with Crippen molar-refractivity contribution in [3.8, 4) is 0 Å². The van der Waals surface area contributed by atoms with Gasteiger partial charge in [-0.25, -0.2) is 0 Å². The Bertz CT molecular complexity index is 303. The molecule has 0 aliphatic rings. The summed E-state index contributed by atoms with van der Waals surface area (Å²) in [6.07, 6.45) is 5.34. The van der Waals surface area contributed by atoms with Gasteiger partial charge in [-0.3, -0.25) is 0 Å². The maximum absolute atomic E-state index is 2.37. The molecule has 0 aliphatic carbocycles. The zero-order chi connectivity index (χ0) is 13.4. The lowest BCUT2D eigenvalue weighted by molar-refractivity contribution is 0.635. The monoisotopic (exact) mass is 282 g/mol. The van der Waals surface area contributed by atoms with Gasteiger partial charge < -0.3 is 0 Å². The average molecular weight is 282 g/mol. The molecule has 0 nitrogen and oxygen atoms in total. The van der Waals surface area contributed by atoms with E-state index in [9.17, 15) is 0 Å². The third-order valence-corrected chi connectivity index (χ3v) is 7.29. The van der Waals surface area contributed by atoms with E-state index in [1.165, 1.54) is 25.2 Å². The highest BCUT2D eigenvalue weighted by Crippen LogP contribution is 2.22. The van der Waals surface area contributed by atoms with Crippen LogP contribution in [0, 0.1) is 11.8 Å². The van der Waals surface area contributed by atoms with E-state index in [1.807, 2.05) is 0 Å². The van der Waals surface area contributed by atoms with E-state index in [-0.39, 0.29) is 0 Å². The van der Waals surface area contributed by atoms with E-state index >= 15 is 0 Å². The van der Waals surface area contributed by atoms with Crippen LogP contribution in [0.3, 0.4) is 0 Å². The van der Waals surface area contributed by atoms with Crippen LogP contribution >= 0.6 is 17.2 Å². The van der Waals surface area contributed by atoms with E-state index < -0.39 is 0 Å². The SMILES string of the molecule is CCC(C)CPc1ccccc1PCC(C)CC. The maximum atomic E-state index is 2.37. The van der Waals surface area contributed by atoms with E-state index in [2.05, 4.69) is 52.0 Å². The van der Waals surface area contributed by atoms with Gasteiger partial charge >= 0.3 is 0 Å². The molecule has 0 saturated heterocycles. The normalized spacial score (nSPS) is 15.8. The standard InChI is InChI=1S/C16H28P2/c1-5-13(3)11-17-15-9-7-8-10-16(15)18-12-14(4)6-2/h7-10,13-14,17-18H,5-6,11-12H2,1-4H3. The second-order valence-electron chi connectivity index (χ2n) is 5.33. The van der Waals surface area contributed by atoms with E-state index in [4.69, 9.17) is 0 Å². The van der Waals surface area contributed by atoms with Crippen LogP contribution in [0.1, 0.15) is 40.5 Å². The van der Waals surface area contributed by atoms with Crippen molar-refractivity contribution in [1.29, 1.82) is 0 Å². The smallest absolute Gasteiger partial charge is 0.0197 e. The number of benzene rings is 1. The zero-order valence-electron chi connectivity index (χ0n) is 12.3. The fourth-order valence-electron chi connectivity index (χ4n) is 1.65. The number of hydrogen-bond acceptors (Lipinski definition) is 0. The van der Waals surface area contributed by atoms with Gasteiger partial charge in [0.15, 0.2) is 0 Å². The molecule has 18 heavy (non-hydrogen) atoms. The first kappa shape index (κ1) is 16.1. The van der Waals surface area contributed by atoms with Crippen LogP contribution in [0.2, 0.25) is 0 Å². The van der Waals surface area contributed by atoms with Gasteiger partial charge in [0, 0.05) is 0 Å². The molecule has 0 radical (unpaired) electrons. The van der Waals surface area contributed by atoms with Crippen LogP contribution in [0.15, 0.2) is 24.3 Å². The predicted octanol–water partition coefficient (Wildman–Crippen LogP) is 4.39. The summed E-state index contributed by atoms with van der Waals surface area (Å²) in [5.74, 6) is 1.74. The summed E-state index contributed by atoms with van der Waals surface area (Å²) in [5, 5.41) is 3.25. The highest BCUT2D eigenvalue weighted by atomic mass is 31.1. The second-order valence-corrected chi connectivity index (χ2v) is 7.94. The van der Waals surface area contributed by atoms with Crippen LogP contribution in [0.4, 0.5) is 0 Å². The van der Waals surface area contributed by atoms with Gasteiger partial charge in [0.05, 0.1) is 0 Å². The first-order valence-corrected chi connectivity index (χ1v) is 9.65. The molecule has 0 spiro atoms. The Hall–Kier alpha value is 0.0800. The van der Waals surface area contributed by atoms with Gasteiger partial charge in [0.25, 0.3) is 0 Å². The minimum atomic E-state index is 0.870. The van der Waals surface area contributed by atoms with Gasteiger partial charge in [-0.15, -0.1) is 0 Å². The number of hydrogen-bond donors (Lipinski definition) is 0. The average Bonchev–Trinajstić information content (AvgIpc) is 2.42. The summed E-state index contributed by atoms with van der Waals surface area (Å²) in [6.45, 7) is 9.34. The summed E-state index contributed by atoms with van der Waals surface area (Å²) in [7, 11) is 2.00. The largest absolute Gasteiger partial charge is 0.0894 e. The fraction of sp³-hybridized carbons (Fsp3) is 0.625. The highest BCUT2D eigenvalue weighted by Gasteiger charge is 2.06. The topological polar surface area (TPSA) is 0 Å². The Morgan fingerprint density at radius 1 is 0.833 bits per heavy atom. The van der Waals surface area contributed by atoms with Crippen molar-refractivity contribution in [3.05, 3.63) is 24.3 Å². The molecule has 2 heteroatoms. The Morgan fingerprint density at radius 2 is 1.22 bits per heavy atom. The first-order valence-electron chi connectivity index (χ1n) is 7.24. The van der Waals surface area contributed by atoms with Crippen LogP contribution in [0.5, 0.6) is 0 Å². The minimum absolute atomic E-state index is 0.870. The maximum Gasteiger partial charge on any atom is -0.0197 e. The van der Waals surface area contributed by atoms with Crippen LogP contribution in [0.25, 0.3) is 0 Å². The molecular formula is C16H28P2.